The minimum atomic E-state index is 0.591. The van der Waals surface area contributed by atoms with Gasteiger partial charge in [0, 0.05) is 30.6 Å². The topological polar surface area (TPSA) is 53.5 Å². The van der Waals surface area contributed by atoms with Gasteiger partial charge in [-0.3, -0.25) is 9.97 Å². The fraction of sp³-hybridized carbons (Fsp3) is 0.273. The maximum absolute atomic E-state index is 6.05. The fourth-order valence-electron chi connectivity index (χ4n) is 4.52. The van der Waals surface area contributed by atoms with Crippen LogP contribution < -0.4 is 0 Å². The Hall–Kier alpha value is -3.64. The molecule has 0 saturated heterocycles. The molecular weight excluding hydrogens is 472 g/mol. The van der Waals surface area contributed by atoms with E-state index in [1.165, 1.54) is 27.5 Å². The van der Waals surface area contributed by atoms with Gasteiger partial charge in [0.2, 0.25) is 0 Å². The van der Waals surface area contributed by atoms with Crippen molar-refractivity contribution in [3.05, 3.63) is 119 Å². The molecule has 5 nitrogen and oxygen atoms in total. The molecule has 5 rings (SSSR count). The van der Waals surface area contributed by atoms with E-state index in [2.05, 4.69) is 70.6 Å². The van der Waals surface area contributed by atoms with Crippen LogP contribution in [0.1, 0.15) is 34.7 Å². The van der Waals surface area contributed by atoms with Crippen molar-refractivity contribution in [1.29, 1.82) is 0 Å². The van der Waals surface area contributed by atoms with E-state index in [-0.39, 0.29) is 0 Å². The van der Waals surface area contributed by atoms with Crippen molar-refractivity contribution in [2.75, 3.05) is 19.8 Å². The van der Waals surface area contributed by atoms with E-state index in [0.717, 1.165) is 34.9 Å². The first-order valence-corrected chi connectivity index (χ1v) is 13.3. The first-order valence-electron chi connectivity index (χ1n) is 13.3. The Morgan fingerprint density at radius 2 is 1.24 bits per heavy atom. The highest BCUT2D eigenvalue weighted by Crippen LogP contribution is 2.20. The summed E-state index contributed by atoms with van der Waals surface area (Å²) < 4.78 is 17.4. The average Bonchev–Trinajstić information content (AvgIpc) is 2.96. The van der Waals surface area contributed by atoms with Gasteiger partial charge in [-0.25, -0.2) is 0 Å². The third-order valence-electron chi connectivity index (χ3n) is 6.57. The maximum Gasteiger partial charge on any atom is 0.0731 e. The number of ether oxygens (including phenoxy) is 3. The quantitative estimate of drug-likeness (QED) is 0.164. The molecule has 0 amide bonds. The number of pyridine rings is 2. The molecule has 0 aliphatic rings. The van der Waals surface area contributed by atoms with Crippen LogP contribution in [0.3, 0.4) is 0 Å². The van der Waals surface area contributed by atoms with Gasteiger partial charge in [0.15, 0.2) is 0 Å². The minimum absolute atomic E-state index is 0.591. The van der Waals surface area contributed by atoms with E-state index in [1.54, 1.807) is 6.20 Å². The van der Waals surface area contributed by atoms with Crippen LogP contribution in [-0.2, 0) is 46.9 Å². The van der Waals surface area contributed by atoms with Crippen LogP contribution in [-0.4, -0.2) is 29.8 Å². The first-order chi connectivity index (χ1) is 18.8. The lowest BCUT2D eigenvalue weighted by Gasteiger charge is -2.09. The van der Waals surface area contributed by atoms with Gasteiger partial charge in [-0.1, -0.05) is 42.5 Å². The minimum Gasteiger partial charge on any atom is -0.377 e. The highest BCUT2D eigenvalue weighted by Gasteiger charge is 2.03. The van der Waals surface area contributed by atoms with Gasteiger partial charge in [0.25, 0.3) is 0 Å². The first kappa shape index (κ1) is 26.0. The van der Waals surface area contributed by atoms with Crippen molar-refractivity contribution in [2.24, 2.45) is 0 Å². The molecule has 38 heavy (non-hydrogen) atoms. The zero-order valence-electron chi connectivity index (χ0n) is 21.9. The smallest absolute Gasteiger partial charge is 0.0731 e. The van der Waals surface area contributed by atoms with Crippen molar-refractivity contribution in [3.63, 3.8) is 0 Å². The van der Waals surface area contributed by atoms with Crippen molar-refractivity contribution in [2.45, 2.75) is 39.6 Å². The fourth-order valence-corrected chi connectivity index (χ4v) is 4.52. The highest BCUT2D eigenvalue weighted by atomic mass is 16.5. The summed E-state index contributed by atoms with van der Waals surface area (Å²) in [6, 6.07) is 25.8. The van der Waals surface area contributed by atoms with E-state index >= 15 is 0 Å². The number of rotatable bonds is 13. The van der Waals surface area contributed by atoms with E-state index in [0.29, 0.717) is 39.6 Å². The molecule has 0 bridgehead atoms. The normalized spacial score (nSPS) is 11.4. The summed E-state index contributed by atoms with van der Waals surface area (Å²) in [5.74, 6) is 0. The molecule has 3 aromatic carbocycles. The van der Waals surface area contributed by atoms with E-state index in [9.17, 15) is 0 Å². The van der Waals surface area contributed by atoms with E-state index in [4.69, 9.17) is 14.2 Å². The van der Waals surface area contributed by atoms with Crippen LogP contribution in [0.25, 0.3) is 21.7 Å². The second-order valence-corrected chi connectivity index (χ2v) is 9.49. The molecule has 0 N–H and O–H groups in total. The summed E-state index contributed by atoms with van der Waals surface area (Å²) in [5, 5.41) is 3.62. The van der Waals surface area contributed by atoms with Crippen molar-refractivity contribution in [3.8, 4) is 0 Å². The maximum atomic E-state index is 6.05. The number of aromatic nitrogens is 2. The third kappa shape index (κ3) is 7.23. The molecule has 2 heterocycles. The molecule has 0 fully saturated rings. The Morgan fingerprint density at radius 3 is 2.00 bits per heavy atom. The molecule has 0 aliphatic carbocycles. The average molecular weight is 507 g/mol. The molecule has 0 spiro atoms. The van der Waals surface area contributed by atoms with Gasteiger partial charge < -0.3 is 14.2 Å². The summed E-state index contributed by atoms with van der Waals surface area (Å²) in [6.45, 7) is 5.85. The predicted octanol–water partition coefficient (Wildman–Crippen LogP) is 6.84. The Morgan fingerprint density at radius 1 is 0.579 bits per heavy atom. The summed E-state index contributed by atoms with van der Waals surface area (Å²) in [7, 11) is 0. The lowest BCUT2D eigenvalue weighted by atomic mass is 10.0. The van der Waals surface area contributed by atoms with Gasteiger partial charge in [-0.15, -0.1) is 0 Å². The number of benzene rings is 3. The Balaban J connectivity index is 1.11. The lowest BCUT2D eigenvalue weighted by molar-refractivity contribution is 0.123. The summed E-state index contributed by atoms with van der Waals surface area (Å²) in [4.78, 5) is 8.69. The standard InChI is InChI=1S/C33H34N2O3/c1-2-36-24-29-19-32-17-26(7-10-33(32)35-21-29)12-14-37-22-27-6-9-30-8-5-25(16-31(30)18-27)11-15-38-23-28-4-3-13-34-20-28/h3-10,13,16-21H,2,11-12,14-15,22-24H2,1H3. The Kier molecular flexibility index (Phi) is 9.06. The monoisotopic (exact) mass is 506 g/mol. The Bertz CT molecular complexity index is 1470. The van der Waals surface area contributed by atoms with Gasteiger partial charge in [-0.2, -0.15) is 0 Å². The van der Waals surface area contributed by atoms with E-state index in [1.807, 2.05) is 31.5 Å². The van der Waals surface area contributed by atoms with Crippen molar-refractivity contribution in [1.82, 2.24) is 9.97 Å². The summed E-state index contributed by atoms with van der Waals surface area (Å²) >= 11 is 0. The zero-order valence-corrected chi connectivity index (χ0v) is 21.9. The molecule has 0 unspecified atom stereocenters. The van der Waals surface area contributed by atoms with Crippen LogP contribution in [0.5, 0.6) is 0 Å². The molecule has 0 saturated carbocycles. The molecule has 0 atom stereocenters. The number of nitrogens with zero attached hydrogens (tertiary/aromatic N) is 2. The molecule has 5 heteroatoms. The molecule has 0 radical (unpaired) electrons. The van der Waals surface area contributed by atoms with Crippen LogP contribution in [0.2, 0.25) is 0 Å². The molecule has 2 aromatic heterocycles. The lowest BCUT2D eigenvalue weighted by Crippen LogP contribution is -2.00. The van der Waals surface area contributed by atoms with Gasteiger partial charge >= 0.3 is 0 Å². The number of hydrogen-bond donors (Lipinski definition) is 0. The number of hydrogen-bond acceptors (Lipinski definition) is 5. The van der Waals surface area contributed by atoms with Crippen LogP contribution >= 0.6 is 0 Å². The zero-order chi connectivity index (χ0) is 26.0. The molecule has 5 aromatic rings. The van der Waals surface area contributed by atoms with Crippen LogP contribution in [0.4, 0.5) is 0 Å². The van der Waals surface area contributed by atoms with Gasteiger partial charge in [0.05, 0.1) is 38.6 Å². The summed E-state index contributed by atoms with van der Waals surface area (Å²) in [6.07, 6.45) is 7.26. The second-order valence-electron chi connectivity index (χ2n) is 9.49. The van der Waals surface area contributed by atoms with Crippen molar-refractivity contribution >= 4 is 21.7 Å². The third-order valence-corrected chi connectivity index (χ3v) is 6.57. The van der Waals surface area contributed by atoms with E-state index < -0.39 is 0 Å². The van der Waals surface area contributed by atoms with Gasteiger partial charge in [0.1, 0.15) is 0 Å². The predicted molar refractivity (Wildman–Crippen MR) is 152 cm³/mol. The van der Waals surface area contributed by atoms with Gasteiger partial charge in [-0.05, 0) is 88.7 Å². The van der Waals surface area contributed by atoms with Crippen molar-refractivity contribution < 1.29 is 14.2 Å². The van der Waals surface area contributed by atoms with Crippen LogP contribution in [0.15, 0.2) is 91.4 Å². The SMILES string of the molecule is CCOCc1cnc2ccc(CCOCc3ccc4ccc(CCOCc5cccnc5)cc4c3)cc2c1. The second kappa shape index (κ2) is 13.2. The highest BCUT2D eigenvalue weighted by molar-refractivity contribution is 5.84. The summed E-state index contributed by atoms with van der Waals surface area (Å²) in [5.41, 5.74) is 6.92. The van der Waals surface area contributed by atoms with Crippen LogP contribution in [0, 0.1) is 0 Å². The largest absolute Gasteiger partial charge is 0.377 e. The Labute approximate surface area is 224 Å². The molecule has 194 valence electrons. The molecule has 0 aliphatic heterocycles. The number of fused-ring (bicyclic) bond motifs is 2. The molecular formula is C33H34N2O3.